The molecule has 160 valence electrons. The first kappa shape index (κ1) is 20.7. The van der Waals surface area contributed by atoms with Gasteiger partial charge in [0, 0.05) is 0 Å². The van der Waals surface area contributed by atoms with E-state index in [1.807, 2.05) is 60.9 Å². The summed E-state index contributed by atoms with van der Waals surface area (Å²) < 4.78 is 8.11. The molecule has 0 radical (unpaired) electrons. The predicted molar refractivity (Wildman–Crippen MR) is 137 cm³/mol. The molecule has 0 aliphatic carbocycles. The molecule has 0 spiro atoms. The second-order valence-electron chi connectivity index (χ2n) is 7.22. The van der Waals surface area contributed by atoms with E-state index in [4.69, 9.17) is 9.97 Å². The quantitative estimate of drug-likeness (QED) is 0.275. The van der Waals surface area contributed by atoms with Gasteiger partial charge in [0.2, 0.25) is 0 Å². The summed E-state index contributed by atoms with van der Waals surface area (Å²) >= 11 is 6.80. The van der Waals surface area contributed by atoms with Crippen LogP contribution in [0.5, 0.6) is 0 Å². The van der Waals surface area contributed by atoms with E-state index in [1.165, 1.54) is 0 Å². The van der Waals surface area contributed by atoms with Crippen molar-refractivity contribution in [1.29, 1.82) is 0 Å². The van der Waals surface area contributed by atoms with E-state index in [0.29, 0.717) is 0 Å². The number of fused-ring (bicyclic) bond motifs is 2. The molecular formula is C24H14Br2N6Se. The molecular weight excluding hydrogens is 611 g/mol. The second-order valence-corrected chi connectivity index (χ2v) is 11.1. The fourth-order valence-corrected chi connectivity index (χ4v) is 6.18. The normalized spacial score (nSPS) is 11.5. The fraction of sp³-hybridized carbons (Fsp3) is 0. The summed E-state index contributed by atoms with van der Waals surface area (Å²) in [5.74, 6) is 1.65. The zero-order valence-electron chi connectivity index (χ0n) is 16.9. The molecule has 0 amide bonds. The Hall–Kier alpha value is -2.84. The van der Waals surface area contributed by atoms with Gasteiger partial charge in [-0.3, -0.25) is 0 Å². The van der Waals surface area contributed by atoms with Crippen LogP contribution in [0, 0.1) is 0 Å². The Kier molecular flexibility index (Phi) is 5.34. The minimum atomic E-state index is -0.125. The van der Waals surface area contributed by atoms with Crippen molar-refractivity contribution in [2.24, 2.45) is 0 Å². The van der Waals surface area contributed by atoms with Gasteiger partial charge in [-0.1, -0.05) is 0 Å². The summed E-state index contributed by atoms with van der Waals surface area (Å²) in [5, 5.41) is 0. The molecule has 6 nitrogen and oxygen atoms in total. The molecule has 0 unspecified atom stereocenters. The standard InChI is InChI=1S/C24H14Br2N6Se/c25-15-7-9-17(27-13-15)21-29-23(19-5-1-3-11-31(19)21)33-24-20-6-2-4-12-32(20)22(30-24)18-10-8-16(26)14-28-18/h1-14H. The van der Waals surface area contributed by atoms with E-state index in [2.05, 4.69) is 62.8 Å². The fourth-order valence-electron chi connectivity index (χ4n) is 3.64. The molecule has 6 heterocycles. The SMILES string of the molecule is Brc1ccc(-c2nc([Se]c3nc(-c4ccc(Br)cn4)n4ccccc34)c3ccccn23)nc1. The molecule has 0 aliphatic rings. The number of aromatic nitrogens is 6. The van der Waals surface area contributed by atoms with Crippen LogP contribution in [-0.4, -0.2) is 43.7 Å². The molecule has 0 aromatic carbocycles. The van der Waals surface area contributed by atoms with Gasteiger partial charge in [0.1, 0.15) is 0 Å². The van der Waals surface area contributed by atoms with Crippen molar-refractivity contribution in [3.05, 3.63) is 94.4 Å². The van der Waals surface area contributed by atoms with Crippen molar-refractivity contribution in [2.45, 2.75) is 0 Å². The van der Waals surface area contributed by atoms with Crippen LogP contribution < -0.4 is 9.18 Å². The first-order valence-corrected chi connectivity index (χ1v) is 13.3. The Labute approximate surface area is 212 Å². The number of rotatable bonds is 4. The molecule has 0 N–H and O–H groups in total. The average molecular weight is 625 g/mol. The van der Waals surface area contributed by atoms with Crippen molar-refractivity contribution in [2.75, 3.05) is 0 Å². The number of nitrogens with zero attached hydrogens (tertiary/aromatic N) is 6. The third-order valence-electron chi connectivity index (χ3n) is 5.14. The minimum absolute atomic E-state index is 0.125. The first-order valence-electron chi connectivity index (χ1n) is 10.0. The summed E-state index contributed by atoms with van der Waals surface area (Å²) in [5.41, 5.74) is 3.79. The van der Waals surface area contributed by atoms with E-state index >= 15 is 0 Å². The molecule has 0 saturated carbocycles. The van der Waals surface area contributed by atoms with Gasteiger partial charge >= 0.3 is 213 Å². The predicted octanol–water partition coefficient (Wildman–Crippen LogP) is 4.29. The summed E-state index contributed by atoms with van der Waals surface area (Å²) in [6, 6.07) is 20.2. The van der Waals surface area contributed by atoms with Crippen LogP contribution in [0.4, 0.5) is 0 Å². The van der Waals surface area contributed by atoms with Crippen LogP contribution in [0.1, 0.15) is 0 Å². The maximum atomic E-state index is 5.03. The molecule has 0 fully saturated rings. The summed E-state index contributed by atoms with van der Waals surface area (Å²) in [6.45, 7) is 0. The van der Waals surface area contributed by atoms with Crippen LogP contribution in [0.15, 0.2) is 94.4 Å². The van der Waals surface area contributed by atoms with Crippen molar-refractivity contribution in [1.82, 2.24) is 28.7 Å². The van der Waals surface area contributed by atoms with Gasteiger partial charge in [-0.05, 0) is 0 Å². The van der Waals surface area contributed by atoms with Crippen molar-refractivity contribution in [3.63, 3.8) is 0 Å². The van der Waals surface area contributed by atoms with Crippen molar-refractivity contribution in [3.8, 4) is 23.0 Å². The number of imidazole rings is 2. The van der Waals surface area contributed by atoms with Gasteiger partial charge in [-0.2, -0.15) is 0 Å². The van der Waals surface area contributed by atoms with Crippen molar-refractivity contribution >= 4 is 67.0 Å². The Morgan fingerprint density at radius 1 is 0.606 bits per heavy atom. The topological polar surface area (TPSA) is 60.4 Å². The summed E-state index contributed by atoms with van der Waals surface area (Å²) in [4.78, 5) is 19.2. The molecule has 0 aliphatic heterocycles. The van der Waals surface area contributed by atoms with Gasteiger partial charge in [0.25, 0.3) is 0 Å². The zero-order valence-corrected chi connectivity index (χ0v) is 21.8. The number of hydrogen-bond acceptors (Lipinski definition) is 4. The van der Waals surface area contributed by atoms with Crippen LogP contribution in [0.25, 0.3) is 34.1 Å². The number of halogens is 2. The summed E-state index contributed by atoms with van der Waals surface area (Å²) in [7, 11) is 0. The molecule has 0 atom stereocenters. The van der Waals surface area contributed by atoms with Crippen LogP contribution in [0.3, 0.4) is 0 Å². The Morgan fingerprint density at radius 2 is 1.09 bits per heavy atom. The van der Waals surface area contributed by atoms with Crippen LogP contribution >= 0.6 is 31.9 Å². The first-order chi connectivity index (χ1) is 16.2. The zero-order chi connectivity index (χ0) is 22.4. The third kappa shape index (κ3) is 3.81. The van der Waals surface area contributed by atoms with Crippen LogP contribution in [-0.2, 0) is 0 Å². The molecule has 9 heteroatoms. The maximum absolute atomic E-state index is 5.03. The monoisotopic (exact) mass is 624 g/mol. The van der Waals surface area contributed by atoms with E-state index in [-0.39, 0.29) is 15.0 Å². The van der Waals surface area contributed by atoms with E-state index < -0.39 is 0 Å². The van der Waals surface area contributed by atoms with Gasteiger partial charge in [0.15, 0.2) is 0 Å². The Bertz CT molecular complexity index is 1490. The van der Waals surface area contributed by atoms with E-state index in [9.17, 15) is 0 Å². The molecule has 0 saturated heterocycles. The van der Waals surface area contributed by atoms with Gasteiger partial charge in [-0.15, -0.1) is 0 Å². The Balaban J connectivity index is 1.49. The van der Waals surface area contributed by atoms with E-state index in [1.54, 1.807) is 12.4 Å². The number of pyridine rings is 4. The van der Waals surface area contributed by atoms with Gasteiger partial charge in [-0.25, -0.2) is 0 Å². The molecule has 6 aromatic heterocycles. The molecule has 6 rings (SSSR count). The third-order valence-corrected chi connectivity index (χ3v) is 8.15. The van der Waals surface area contributed by atoms with Gasteiger partial charge in [0.05, 0.1) is 0 Å². The van der Waals surface area contributed by atoms with Crippen molar-refractivity contribution < 1.29 is 0 Å². The number of hydrogen-bond donors (Lipinski definition) is 0. The average Bonchev–Trinajstić information content (AvgIpc) is 3.40. The summed E-state index contributed by atoms with van der Waals surface area (Å²) in [6.07, 6.45) is 7.65. The Morgan fingerprint density at radius 3 is 1.52 bits per heavy atom. The van der Waals surface area contributed by atoms with E-state index in [0.717, 1.165) is 52.2 Å². The van der Waals surface area contributed by atoms with Crippen LogP contribution in [0.2, 0.25) is 0 Å². The second kappa shape index (κ2) is 8.50. The van der Waals surface area contributed by atoms with Gasteiger partial charge < -0.3 is 0 Å². The molecule has 33 heavy (non-hydrogen) atoms. The molecule has 6 aromatic rings. The molecule has 0 bridgehead atoms.